The molecule has 0 aliphatic carbocycles. The average molecular weight is 431 g/mol. The van der Waals surface area contributed by atoms with E-state index in [1.165, 1.54) is 6.92 Å². The summed E-state index contributed by atoms with van der Waals surface area (Å²) in [4.78, 5) is 23.0. The van der Waals surface area contributed by atoms with Gasteiger partial charge in [-0.2, -0.15) is 0 Å². The molecule has 0 heterocycles. The number of benzene rings is 2. The smallest absolute Gasteiger partial charge is 0.264 e. The van der Waals surface area contributed by atoms with Gasteiger partial charge in [0.15, 0.2) is 16.8 Å². The highest BCUT2D eigenvalue weighted by Gasteiger charge is 2.08. The van der Waals surface area contributed by atoms with Crippen molar-refractivity contribution in [3.8, 4) is 5.75 Å². The molecule has 7 nitrogen and oxygen atoms in total. The number of ether oxygens (including phenoxy) is 1. The molecule has 9 heteroatoms. The Morgan fingerprint density at radius 1 is 0.897 bits per heavy atom. The van der Waals surface area contributed by atoms with Crippen molar-refractivity contribution in [2.75, 3.05) is 17.2 Å². The first-order valence-corrected chi connectivity index (χ1v) is 9.54. The first-order valence-electron chi connectivity index (χ1n) is 8.72. The number of aryl methyl sites for hydroxylation is 2. The van der Waals surface area contributed by atoms with Crippen LogP contribution in [0.2, 0.25) is 0 Å². The molecule has 29 heavy (non-hydrogen) atoms. The zero-order valence-electron chi connectivity index (χ0n) is 16.3. The number of hydrogen-bond donors (Lipinski definition) is 4. The van der Waals surface area contributed by atoms with E-state index in [1.807, 2.05) is 32.0 Å². The topological polar surface area (TPSA) is 91.5 Å². The summed E-state index contributed by atoms with van der Waals surface area (Å²) in [6, 6.07) is 12.8. The summed E-state index contributed by atoms with van der Waals surface area (Å²) >= 11 is 10.2. The highest BCUT2D eigenvalue weighted by Crippen LogP contribution is 2.18. The zero-order valence-corrected chi connectivity index (χ0v) is 17.9. The summed E-state index contributed by atoms with van der Waals surface area (Å²) in [5.41, 5.74) is 3.47. The van der Waals surface area contributed by atoms with Crippen molar-refractivity contribution in [3.63, 3.8) is 0 Å². The Bertz CT molecular complexity index is 930. The number of anilines is 2. The zero-order chi connectivity index (χ0) is 21.4. The van der Waals surface area contributed by atoms with Gasteiger partial charge in [0.05, 0.1) is 0 Å². The van der Waals surface area contributed by atoms with Crippen LogP contribution in [0, 0.1) is 13.8 Å². The molecule has 2 aromatic rings. The number of nitrogens with one attached hydrogen (secondary N) is 4. The third kappa shape index (κ3) is 7.84. The van der Waals surface area contributed by atoms with Gasteiger partial charge in [-0.3, -0.25) is 14.9 Å². The van der Waals surface area contributed by atoms with Crippen molar-refractivity contribution < 1.29 is 14.3 Å². The van der Waals surface area contributed by atoms with Gasteiger partial charge in [-0.1, -0.05) is 17.7 Å². The molecule has 0 bridgehead atoms. The Labute approximate surface area is 180 Å². The maximum Gasteiger partial charge on any atom is 0.264 e. The Kier molecular flexibility index (Phi) is 8.05. The third-order valence-corrected chi connectivity index (χ3v) is 4.04. The quantitative estimate of drug-likeness (QED) is 0.542. The maximum atomic E-state index is 12.0. The van der Waals surface area contributed by atoms with Gasteiger partial charge >= 0.3 is 0 Å². The molecule has 2 aromatic carbocycles. The van der Waals surface area contributed by atoms with Gasteiger partial charge in [-0.15, -0.1) is 0 Å². The summed E-state index contributed by atoms with van der Waals surface area (Å²) < 4.78 is 5.53. The third-order valence-electron chi connectivity index (χ3n) is 3.63. The van der Waals surface area contributed by atoms with Gasteiger partial charge in [0.25, 0.3) is 5.91 Å². The highest BCUT2D eigenvalue weighted by molar-refractivity contribution is 7.80. The SMILES string of the molecule is CC(=O)NC(=S)Nc1ccc(NC(=S)NC(=O)COc2ccc(C)cc2C)cc1. The lowest BCUT2D eigenvalue weighted by atomic mass is 10.1. The Hall–Kier alpha value is -3.04. The molecule has 0 saturated carbocycles. The predicted octanol–water partition coefficient (Wildman–Crippen LogP) is 3.03. The van der Waals surface area contributed by atoms with Crippen molar-refractivity contribution in [1.29, 1.82) is 0 Å². The second-order valence-electron chi connectivity index (χ2n) is 6.27. The minimum atomic E-state index is -0.360. The van der Waals surface area contributed by atoms with E-state index in [1.54, 1.807) is 24.3 Å². The summed E-state index contributed by atoms with van der Waals surface area (Å²) in [7, 11) is 0. The Morgan fingerprint density at radius 2 is 1.45 bits per heavy atom. The average Bonchev–Trinajstić information content (AvgIpc) is 2.62. The number of carbonyl (C=O) groups is 2. The summed E-state index contributed by atoms with van der Waals surface area (Å²) in [6.07, 6.45) is 0. The van der Waals surface area contributed by atoms with Crippen molar-refractivity contribution in [1.82, 2.24) is 10.6 Å². The van der Waals surface area contributed by atoms with Gasteiger partial charge in [-0.25, -0.2) is 0 Å². The highest BCUT2D eigenvalue weighted by atomic mass is 32.1. The van der Waals surface area contributed by atoms with Crippen LogP contribution in [-0.4, -0.2) is 28.6 Å². The minimum absolute atomic E-state index is 0.144. The van der Waals surface area contributed by atoms with E-state index >= 15 is 0 Å². The summed E-state index contributed by atoms with van der Waals surface area (Å²) in [5, 5.41) is 11.2. The van der Waals surface area contributed by atoms with E-state index in [0.717, 1.165) is 11.1 Å². The van der Waals surface area contributed by atoms with Gasteiger partial charge in [-0.05, 0) is 74.2 Å². The van der Waals surface area contributed by atoms with E-state index < -0.39 is 0 Å². The molecule has 2 amide bonds. The van der Waals surface area contributed by atoms with Crippen molar-refractivity contribution in [2.45, 2.75) is 20.8 Å². The monoisotopic (exact) mass is 430 g/mol. The molecule has 0 aromatic heterocycles. The van der Waals surface area contributed by atoms with E-state index in [0.29, 0.717) is 17.1 Å². The first-order chi connectivity index (χ1) is 13.7. The van der Waals surface area contributed by atoms with Crippen LogP contribution in [0.4, 0.5) is 11.4 Å². The molecule has 0 aliphatic heterocycles. The fourth-order valence-corrected chi connectivity index (χ4v) is 2.88. The van der Waals surface area contributed by atoms with Crippen LogP contribution in [0.3, 0.4) is 0 Å². The standard InChI is InChI=1S/C20H22N4O3S2/c1-12-4-9-17(13(2)10-12)27-11-18(26)24-20(29)23-16-7-5-15(6-8-16)22-19(28)21-14(3)25/h4-10H,11H2,1-3H3,(H2,21,22,25,28)(H2,23,24,26,29). The van der Waals surface area contributed by atoms with Gasteiger partial charge in [0.1, 0.15) is 5.75 Å². The van der Waals surface area contributed by atoms with Crippen LogP contribution in [0.15, 0.2) is 42.5 Å². The van der Waals surface area contributed by atoms with Crippen LogP contribution in [-0.2, 0) is 9.59 Å². The lowest BCUT2D eigenvalue weighted by Crippen LogP contribution is -2.37. The van der Waals surface area contributed by atoms with Gasteiger partial charge < -0.3 is 20.7 Å². The minimum Gasteiger partial charge on any atom is -0.483 e. The van der Waals surface area contributed by atoms with Crippen LogP contribution in [0.1, 0.15) is 18.1 Å². The number of amides is 2. The molecule has 0 saturated heterocycles. The molecule has 0 radical (unpaired) electrons. The fraction of sp³-hybridized carbons (Fsp3) is 0.200. The molecular weight excluding hydrogens is 408 g/mol. The Morgan fingerprint density at radius 3 is 1.97 bits per heavy atom. The molecule has 0 aliphatic rings. The molecule has 0 unspecified atom stereocenters. The van der Waals surface area contributed by atoms with E-state index in [9.17, 15) is 9.59 Å². The fourth-order valence-electron chi connectivity index (χ4n) is 2.39. The maximum absolute atomic E-state index is 12.0. The number of carbonyl (C=O) groups excluding carboxylic acids is 2. The Balaban J connectivity index is 1.80. The van der Waals surface area contributed by atoms with E-state index in [2.05, 4.69) is 21.3 Å². The van der Waals surface area contributed by atoms with Crippen LogP contribution in [0.5, 0.6) is 5.75 Å². The number of hydrogen-bond acceptors (Lipinski definition) is 5. The molecule has 4 N–H and O–H groups in total. The second kappa shape index (κ2) is 10.5. The molecule has 0 fully saturated rings. The van der Waals surface area contributed by atoms with Crippen LogP contribution < -0.4 is 26.0 Å². The molecule has 152 valence electrons. The molecular formula is C20H22N4O3S2. The second-order valence-corrected chi connectivity index (χ2v) is 7.09. The predicted molar refractivity (Wildman–Crippen MR) is 122 cm³/mol. The van der Waals surface area contributed by atoms with E-state index in [-0.39, 0.29) is 28.6 Å². The van der Waals surface area contributed by atoms with Gasteiger partial charge in [0.2, 0.25) is 5.91 Å². The first kappa shape index (κ1) is 22.3. The molecule has 2 rings (SSSR count). The lowest BCUT2D eigenvalue weighted by Gasteiger charge is -2.12. The summed E-state index contributed by atoms with van der Waals surface area (Å²) in [6.45, 7) is 5.15. The number of rotatable bonds is 5. The molecule has 0 spiro atoms. The van der Waals surface area contributed by atoms with Crippen molar-refractivity contribution in [3.05, 3.63) is 53.6 Å². The molecule has 0 atom stereocenters. The van der Waals surface area contributed by atoms with Crippen LogP contribution in [0.25, 0.3) is 0 Å². The normalized spacial score (nSPS) is 9.90. The number of thiocarbonyl (C=S) groups is 2. The van der Waals surface area contributed by atoms with Crippen molar-refractivity contribution >= 4 is 57.8 Å². The lowest BCUT2D eigenvalue weighted by molar-refractivity contribution is -0.121. The van der Waals surface area contributed by atoms with Crippen LogP contribution >= 0.6 is 24.4 Å². The van der Waals surface area contributed by atoms with Crippen molar-refractivity contribution in [2.24, 2.45) is 0 Å². The largest absolute Gasteiger partial charge is 0.483 e. The van der Waals surface area contributed by atoms with Gasteiger partial charge in [0, 0.05) is 18.3 Å². The van der Waals surface area contributed by atoms with E-state index in [4.69, 9.17) is 29.2 Å². The summed E-state index contributed by atoms with van der Waals surface area (Å²) in [5.74, 6) is 0.0507.